The third-order valence-electron chi connectivity index (χ3n) is 22.3. The lowest BCUT2D eigenvalue weighted by Gasteiger charge is -2.52. The molecule has 2 saturated heterocycles. The first-order valence-corrected chi connectivity index (χ1v) is 38.4. The number of hydrogen-bond donors (Lipinski definition) is 2. The molecular weight excluding hydrogens is 1040 g/mol. The van der Waals surface area contributed by atoms with E-state index < -0.39 is 28.5 Å². The minimum Gasteiger partial charge on any atom is -0.390 e. The van der Waals surface area contributed by atoms with Crippen LogP contribution in [-0.4, -0.2) is 57.0 Å². The molecule has 0 amide bonds. The third kappa shape index (κ3) is 36.0. The Morgan fingerprint density at radius 3 is 0.941 bits per heavy atom. The fraction of sp³-hybridized carbons (Fsp3) is 1.00. The van der Waals surface area contributed by atoms with Crippen molar-refractivity contribution < 1.29 is 24.4 Å². The van der Waals surface area contributed by atoms with Crippen molar-refractivity contribution in [2.45, 2.75) is 442 Å². The Morgan fingerprint density at radius 1 is 0.353 bits per heavy atom. The van der Waals surface area contributed by atoms with Gasteiger partial charge in [0.1, 0.15) is 0 Å². The summed E-state index contributed by atoms with van der Waals surface area (Å²) in [5, 5.41) is 24.3. The van der Waals surface area contributed by atoms with E-state index >= 15 is 0 Å². The summed E-state index contributed by atoms with van der Waals surface area (Å²) in [6.45, 7) is 47.7. The Bertz CT molecular complexity index is 1590. The van der Waals surface area contributed by atoms with Crippen LogP contribution in [0.15, 0.2) is 0 Å². The predicted octanol–water partition coefficient (Wildman–Crippen LogP) is 24.9. The summed E-state index contributed by atoms with van der Waals surface area (Å²) in [5.74, 6) is 9.22. The first-order chi connectivity index (χ1) is 40.0. The minimum atomic E-state index is -0.875. The van der Waals surface area contributed by atoms with Crippen molar-refractivity contribution in [3.63, 3.8) is 0 Å². The van der Waals surface area contributed by atoms with Crippen molar-refractivity contribution in [2.75, 3.05) is 0 Å². The van der Waals surface area contributed by atoms with E-state index in [-0.39, 0.29) is 18.3 Å². The standard InChI is InChI=1S/C80H158O5/c1-61(2)33-21-37-65(9)41-25-45-69(13)49-29-57-77(17,82)74-55-56-75(83-74)79(19,59-31-51-71(15)47-27-43-67(11)39-23-35-63(5)6)85-80(20,60-32-52-72(16)48-28-44-68(12)40-24-36-64(7)8)76-54-53-73(81)78(18,84-76)58-30-50-70(14)46-26-42-66(10)38-22-34-62(3)4/h61-76,81-82H,21-60H2,1-20H3/t65-,66-,67-,68-,69-,70-,71-,72-,73-,74-,75-,76+,77+,78+,79-,80-/m1/s1. The molecule has 2 N–H and O–H groups in total. The molecule has 2 aliphatic heterocycles. The van der Waals surface area contributed by atoms with Crippen LogP contribution in [0.3, 0.4) is 0 Å². The van der Waals surface area contributed by atoms with Gasteiger partial charge in [-0.2, -0.15) is 0 Å². The summed E-state index contributed by atoms with van der Waals surface area (Å²) in [7, 11) is 0. The Hall–Kier alpha value is -0.200. The smallest absolute Gasteiger partial charge is 0.0924 e. The highest BCUT2D eigenvalue weighted by Crippen LogP contribution is 2.47. The molecule has 5 heteroatoms. The van der Waals surface area contributed by atoms with Gasteiger partial charge in [-0.05, 0) is 150 Å². The van der Waals surface area contributed by atoms with Crippen molar-refractivity contribution in [1.29, 1.82) is 0 Å². The van der Waals surface area contributed by atoms with Gasteiger partial charge in [-0.15, -0.1) is 0 Å². The predicted molar refractivity (Wildman–Crippen MR) is 374 cm³/mol. The molecule has 0 aromatic rings. The summed E-state index contributed by atoms with van der Waals surface area (Å²) in [6, 6.07) is 0. The minimum absolute atomic E-state index is 0.0988. The van der Waals surface area contributed by atoms with Gasteiger partial charge in [-0.3, -0.25) is 0 Å². The van der Waals surface area contributed by atoms with Gasteiger partial charge in [0.05, 0.1) is 46.8 Å². The lowest BCUT2D eigenvalue weighted by Crippen LogP contribution is -2.60. The molecule has 0 aromatic carbocycles. The van der Waals surface area contributed by atoms with E-state index in [1.807, 2.05) is 0 Å². The molecule has 508 valence electrons. The number of aliphatic hydroxyl groups excluding tert-OH is 1. The van der Waals surface area contributed by atoms with Crippen LogP contribution in [0.1, 0.15) is 395 Å². The SMILES string of the molecule is CC(C)CCC[C@@H](C)CCC[C@@H](C)CCC[C@](C)(O)[C@H]1CC[C@H]([C@@](C)(CCC[C@H](C)CCC[C@H](C)CCCC(C)C)O[C@](C)(CCC[C@H](C)CCC[C@H](C)CCCC(C)C)[C@@H]2CC[C@@H](O)[C@](C)(CCC[C@H](C)CCC[C@H](C)CCCC(C)C)O2)O1. The number of rotatable bonds is 53. The quantitative estimate of drug-likeness (QED) is 0.0635. The molecule has 0 aromatic heterocycles. The van der Waals surface area contributed by atoms with Gasteiger partial charge < -0.3 is 24.4 Å². The fourth-order valence-electron chi connectivity index (χ4n) is 15.7. The molecule has 16 atom stereocenters. The second kappa shape index (κ2) is 43.6. The lowest BCUT2D eigenvalue weighted by atomic mass is 9.78. The molecule has 0 bridgehead atoms. The van der Waals surface area contributed by atoms with Gasteiger partial charge in [0.25, 0.3) is 0 Å². The van der Waals surface area contributed by atoms with E-state index in [9.17, 15) is 10.2 Å². The van der Waals surface area contributed by atoms with Crippen LogP contribution in [0.2, 0.25) is 0 Å². The maximum Gasteiger partial charge on any atom is 0.0924 e. The first kappa shape index (κ1) is 80.9. The van der Waals surface area contributed by atoms with E-state index in [1.54, 1.807) is 0 Å². The molecule has 5 nitrogen and oxygen atoms in total. The number of hydrogen-bond acceptors (Lipinski definition) is 5. The maximum atomic E-state index is 12.4. The molecule has 2 rings (SSSR count). The highest BCUT2D eigenvalue weighted by Gasteiger charge is 2.53. The van der Waals surface area contributed by atoms with Crippen LogP contribution < -0.4 is 0 Å². The zero-order chi connectivity index (χ0) is 63.6. The fourth-order valence-corrected chi connectivity index (χ4v) is 15.7. The summed E-state index contributed by atoms with van der Waals surface area (Å²) >= 11 is 0. The van der Waals surface area contributed by atoms with Crippen LogP contribution in [-0.2, 0) is 14.2 Å². The van der Waals surface area contributed by atoms with E-state index in [4.69, 9.17) is 14.2 Å². The Balaban J connectivity index is 2.35. The summed E-state index contributed by atoms with van der Waals surface area (Å²) < 4.78 is 22.9. The zero-order valence-electron chi connectivity index (χ0n) is 61.6. The molecule has 2 heterocycles. The monoisotopic (exact) mass is 1200 g/mol. The largest absolute Gasteiger partial charge is 0.390 e. The van der Waals surface area contributed by atoms with Crippen molar-refractivity contribution in [3.05, 3.63) is 0 Å². The van der Waals surface area contributed by atoms with E-state index in [2.05, 4.69) is 138 Å². The first-order valence-electron chi connectivity index (χ1n) is 38.4. The van der Waals surface area contributed by atoms with E-state index in [0.29, 0.717) is 23.7 Å². The third-order valence-corrected chi connectivity index (χ3v) is 22.3. The van der Waals surface area contributed by atoms with Crippen molar-refractivity contribution in [3.8, 4) is 0 Å². The molecule has 0 spiro atoms. The second-order valence-electron chi connectivity index (χ2n) is 34.2. The average Bonchev–Trinajstić information content (AvgIpc) is 2.07. The molecule has 2 fully saturated rings. The van der Waals surface area contributed by atoms with Crippen molar-refractivity contribution >= 4 is 0 Å². The normalized spacial score (nSPS) is 24.8. The maximum absolute atomic E-state index is 12.4. The van der Waals surface area contributed by atoms with Crippen molar-refractivity contribution in [1.82, 2.24) is 0 Å². The molecular formula is C80H158O5. The Morgan fingerprint density at radius 2 is 0.612 bits per heavy atom. The van der Waals surface area contributed by atoms with Gasteiger partial charge in [0.15, 0.2) is 0 Å². The van der Waals surface area contributed by atoms with Gasteiger partial charge in [0.2, 0.25) is 0 Å². The highest BCUT2D eigenvalue weighted by atomic mass is 16.6. The van der Waals surface area contributed by atoms with E-state index in [0.717, 1.165) is 124 Å². The van der Waals surface area contributed by atoms with Crippen LogP contribution >= 0.6 is 0 Å². The van der Waals surface area contributed by atoms with Crippen LogP contribution in [0, 0.1) is 71.0 Å². The average molecular weight is 1200 g/mol. The Kier molecular flexibility index (Phi) is 41.5. The lowest BCUT2D eigenvalue weighted by molar-refractivity contribution is -0.283. The topological polar surface area (TPSA) is 68.2 Å². The number of ether oxygens (including phenoxy) is 3. The van der Waals surface area contributed by atoms with Crippen molar-refractivity contribution in [2.24, 2.45) is 71.0 Å². The highest BCUT2D eigenvalue weighted by molar-refractivity contribution is 5.02. The summed E-state index contributed by atoms with van der Waals surface area (Å²) in [5.41, 5.74) is -2.58. The molecule has 0 aliphatic carbocycles. The van der Waals surface area contributed by atoms with Gasteiger partial charge >= 0.3 is 0 Å². The number of aliphatic hydroxyl groups is 2. The van der Waals surface area contributed by atoms with Crippen LogP contribution in [0.25, 0.3) is 0 Å². The molecule has 85 heavy (non-hydrogen) atoms. The van der Waals surface area contributed by atoms with Crippen LogP contribution in [0.5, 0.6) is 0 Å². The molecule has 0 saturated carbocycles. The summed E-state index contributed by atoms with van der Waals surface area (Å²) in [4.78, 5) is 0. The van der Waals surface area contributed by atoms with Crippen LogP contribution in [0.4, 0.5) is 0 Å². The molecule has 2 aliphatic rings. The van der Waals surface area contributed by atoms with Gasteiger partial charge in [-0.1, -0.05) is 316 Å². The zero-order valence-corrected chi connectivity index (χ0v) is 61.6. The van der Waals surface area contributed by atoms with E-state index in [1.165, 1.54) is 180 Å². The molecule has 0 unspecified atom stereocenters. The molecule has 0 radical (unpaired) electrons. The van der Waals surface area contributed by atoms with Gasteiger partial charge in [-0.25, -0.2) is 0 Å². The summed E-state index contributed by atoms with van der Waals surface area (Å²) in [6.07, 6.45) is 47.3. The van der Waals surface area contributed by atoms with Gasteiger partial charge in [0, 0.05) is 0 Å². The Labute approximate surface area is 534 Å². The second-order valence-corrected chi connectivity index (χ2v) is 34.2.